The van der Waals surface area contributed by atoms with Crippen LogP contribution in [-0.2, 0) is 4.79 Å². The summed E-state index contributed by atoms with van der Waals surface area (Å²) in [5.41, 5.74) is 5.03. The van der Waals surface area contributed by atoms with Gasteiger partial charge in [-0.05, 0) is 50.1 Å². The van der Waals surface area contributed by atoms with E-state index < -0.39 is 0 Å². The Morgan fingerprint density at radius 3 is 2.30 bits per heavy atom. The Balaban J connectivity index is 1.41. The lowest BCUT2D eigenvalue weighted by molar-refractivity contribution is -0.116. The maximum absolute atomic E-state index is 12.4. The van der Waals surface area contributed by atoms with Crippen LogP contribution in [0.5, 0.6) is 0 Å². The third-order valence-corrected chi connectivity index (χ3v) is 6.15. The molecule has 0 bridgehead atoms. The van der Waals surface area contributed by atoms with E-state index in [0.717, 1.165) is 21.0 Å². The highest BCUT2D eigenvalue weighted by molar-refractivity contribution is 7.16. The van der Waals surface area contributed by atoms with E-state index in [1.807, 2.05) is 13.0 Å². The summed E-state index contributed by atoms with van der Waals surface area (Å²) in [6.45, 7) is 6.12. The van der Waals surface area contributed by atoms with Gasteiger partial charge in [0.25, 0.3) is 11.8 Å². The number of fused-ring (bicyclic) bond motifs is 1. The number of carbonyl (C=O) groups is 3. The van der Waals surface area contributed by atoms with Gasteiger partial charge >= 0.3 is 0 Å². The highest BCUT2D eigenvalue weighted by atomic mass is 32.1. The number of aromatic nitrogens is 1. The molecule has 0 spiro atoms. The number of carbonyl (C=O) groups excluding carboxylic acids is 3. The third-order valence-electron chi connectivity index (χ3n) is 5.26. The molecular formula is C23H21N3O3S. The zero-order valence-electron chi connectivity index (χ0n) is 17.0. The lowest BCUT2D eigenvalue weighted by atomic mass is 10.0. The fraction of sp³-hybridized carbons (Fsp3) is 0.217. The summed E-state index contributed by atoms with van der Waals surface area (Å²) < 4.78 is 0. The van der Waals surface area contributed by atoms with Crippen LogP contribution in [0.25, 0.3) is 11.3 Å². The van der Waals surface area contributed by atoms with Gasteiger partial charge in [-0.3, -0.25) is 19.3 Å². The van der Waals surface area contributed by atoms with Crippen molar-refractivity contribution >= 4 is 34.2 Å². The molecule has 0 radical (unpaired) electrons. The standard InChI is InChI=1S/C23H21N3O3S/c1-13-8-9-16(12-14(13)2)20-15(3)30-23(25-20)24-19(27)10-11-26-21(28)17-6-4-5-7-18(17)22(26)29/h4-9,12H,10-11H2,1-3H3,(H,24,25,27). The van der Waals surface area contributed by atoms with Gasteiger partial charge in [0, 0.05) is 23.4 Å². The minimum absolute atomic E-state index is 0.0169. The molecule has 0 aliphatic carbocycles. The van der Waals surface area contributed by atoms with E-state index in [2.05, 4.69) is 36.3 Å². The van der Waals surface area contributed by atoms with Crippen molar-refractivity contribution in [3.63, 3.8) is 0 Å². The summed E-state index contributed by atoms with van der Waals surface area (Å²) in [5, 5.41) is 3.30. The van der Waals surface area contributed by atoms with E-state index in [-0.39, 0.29) is 30.7 Å². The summed E-state index contributed by atoms with van der Waals surface area (Å²) in [4.78, 5) is 43.9. The molecule has 2 aromatic carbocycles. The van der Waals surface area contributed by atoms with E-state index in [1.54, 1.807) is 24.3 Å². The highest BCUT2D eigenvalue weighted by Crippen LogP contribution is 2.31. The minimum atomic E-state index is -0.356. The van der Waals surface area contributed by atoms with Crippen LogP contribution in [0.3, 0.4) is 0 Å². The molecule has 0 fully saturated rings. The topological polar surface area (TPSA) is 79.4 Å². The normalized spacial score (nSPS) is 13.0. The first-order valence-corrected chi connectivity index (χ1v) is 10.5. The van der Waals surface area contributed by atoms with Crippen molar-refractivity contribution in [1.29, 1.82) is 0 Å². The number of hydrogen-bond donors (Lipinski definition) is 1. The SMILES string of the molecule is Cc1ccc(-c2nc(NC(=O)CCN3C(=O)c4ccccc4C3=O)sc2C)cc1C. The van der Waals surface area contributed by atoms with E-state index >= 15 is 0 Å². The number of benzene rings is 2. The molecule has 152 valence electrons. The second-order valence-corrected chi connectivity index (χ2v) is 8.53. The molecule has 2 heterocycles. The smallest absolute Gasteiger partial charge is 0.261 e. The number of thiazole rings is 1. The number of rotatable bonds is 5. The van der Waals surface area contributed by atoms with Crippen molar-refractivity contribution in [2.45, 2.75) is 27.2 Å². The minimum Gasteiger partial charge on any atom is -0.302 e. The monoisotopic (exact) mass is 419 g/mol. The van der Waals surface area contributed by atoms with Gasteiger partial charge in [-0.15, -0.1) is 11.3 Å². The number of aryl methyl sites for hydroxylation is 3. The Hall–Kier alpha value is -3.32. The maximum Gasteiger partial charge on any atom is 0.261 e. The Kier molecular flexibility index (Phi) is 5.22. The van der Waals surface area contributed by atoms with Crippen molar-refractivity contribution in [3.8, 4) is 11.3 Å². The third kappa shape index (κ3) is 3.64. The Bertz CT molecular complexity index is 1150. The summed E-state index contributed by atoms with van der Waals surface area (Å²) >= 11 is 1.41. The van der Waals surface area contributed by atoms with E-state index in [4.69, 9.17) is 0 Å². The number of imide groups is 1. The summed E-state index contributed by atoms with van der Waals surface area (Å²) in [5.74, 6) is -0.997. The van der Waals surface area contributed by atoms with Crippen LogP contribution in [0.4, 0.5) is 5.13 Å². The molecule has 1 aromatic heterocycles. The average Bonchev–Trinajstić information content (AvgIpc) is 3.20. The Labute approximate surface area is 178 Å². The second-order valence-electron chi connectivity index (χ2n) is 7.33. The quantitative estimate of drug-likeness (QED) is 0.623. The van der Waals surface area contributed by atoms with E-state index in [1.165, 1.54) is 22.5 Å². The zero-order chi connectivity index (χ0) is 21.4. The first-order chi connectivity index (χ1) is 14.3. The van der Waals surface area contributed by atoms with Gasteiger partial charge in [-0.1, -0.05) is 24.3 Å². The van der Waals surface area contributed by atoms with Crippen LogP contribution in [0.1, 0.15) is 43.1 Å². The molecule has 0 unspecified atom stereocenters. The maximum atomic E-state index is 12.4. The lowest BCUT2D eigenvalue weighted by Gasteiger charge is -2.12. The first-order valence-electron chi connectivity index (χ1n) is 9.65. The van der Waals surface area contributed by atoms with Crippen LogP contribution in [0.2, 0.25) is 0 Å². The van der Waals surface area contributed by atoms with Crippen LogP contribution in [-0.4, -0.2) is 34.2 Å². The van der Waals surface area contributed by atoms with Crippen molar-refractivity contribution in [2.24, 2.45) is 0 Å². The Morgan fingerprint density at radius 1 is 1.00 bits per heavy atom. The molecule has 0 saturated heterocycles. The summed E-state index contributed by atoms with van der Waals surface area (Å²) in [6, 6.07) is 12.9. The summed E-state index contributed by atoms with van der Waals surface area (Å²) in [7, 11) is 0. The molecule has 6 nitrogen and oxygen atoms in total. The average molecular weight is 420 g/mol. The molecule has 1 N–H and O–H groups in total. The van der Waals surface area contributed by atoms with Crippen LogP contribution in [0, 0.1) is 20.8 Å². The van der Waals surface area contributed by atoms with Crippen molar-refractivity contribution in [2.75, 3.05) is 11.9 Å². The van der Waals surface area contributed by atoms with Crippen molar-refractivity contribution < 1.29 is 14.4 Å². The molecular weight excluding hydrogens is 398 g/mol. The first kappa shape index (κ1) is 20.0. The largest absolute Gasteiger partial charge is 0.302 e. The van der Waals surface area contributed by atoms with Gasteiger partial charge in [0.1, 0.15) is 0 Å². The Morgan fingerprint density at radius 2 is 1.67 bits per heavy atom. The molecule has 30 heavy (non-hydrogen) atoms. The molecule has 3 amide bonds. The molecule has 7 heteroatoms. The number of amides is 3. The predicted molar refractivity (Wildman–Crippen MR) is 117 cm³/mol. The van der Waals surface area contributed by atoms with Gasteiger partial charge in [-0.25, -0.2) is 4.98 Å². The van der Waals surface area contributed by atoms with Gasteiger partial charge in [0.05, 0.1) is 16.8 Å². The van der Waals surface area contributed by atoms with Crippen molar-refractivity contribution in [3.05, 3.63) is 69.6 Å². The van der Waals surface area contributed by atoms with Gasteiger partial charge < -0.3 is 5.32 Å². The van der Waals surface area contributed by atoms with Crippen LogP contribution < -0.4 is 5.32 Å². The van der Waals surface area contributed by atoms with E-state index in [0.29, 0.717) is 16.3 Å². The zero-order valence-corrected chi connectivity index (χ0v) is 17.8. The number of nitrogens with one attached hydrogen (secondary N) is 1. The van der Waals surface area contributed by atoms with Crippen molar-refractivity contribution in [1.82, 2.24) is 9.88 Å². The van der Waals surface area contributed by atoms with E-state index in [9.17, 15) is 14.4 Å². The molecule has 4 rings (SSSR count). The van der Waals surface area contributed by atoms with Crippen LogP contribution >= 0.6 is 11.3 Å². The molecule has 0 saturated carbocycles. The second kappa shape index (κ2) is 7.84. The van der Waals surface area contributed by atoms with Crippen LogP contribution in [0.15, 0.2) is 42.5 Å². The number of nitrogens with zero attached hydrogens (tertiary/aromatic N) is 2. The predicted octanol–water partition coefficient (Wildman–Crippen LogP) is 4.36. The number of hydrogen-bond acceptors (Lipinski definition) is 5. The lowest BCUT2D eigenvalue weighted by Crippen LogP contribution is -2.32. The number of anilines is 1. The van der Waals surface area contributed by atoms with Gasteiger partial charge in [0.15, 0.2) is 5.13 Å². The van der Waals surface area contributed by atoms with Gasteiger partial charge in [0.2, 0.25) is 5.91 Å². The highest BCUT2D eigenvalue weighted by Gasteiger charge is 2.35. The molecule has 3 aromatic rings. The molecule has 1 aliphatic rings. The summed E-state index contributed by atoms with van der Waals surface area (Å²) in [6.07, 6.45) is 0.0169. The molecule has 0 atom stereocenters. The fourth-order valence-electron chi connectivity index (χ4n) is 3.44. The van der Waals surface area contributed by atoms with Gasteiger partial charge in [-0.2, -0.15) is 0 Å². The fourth-order valence-corrected chi connectivity index (χ4v) is 4.30. The molecule has 1 aliphatic heterocycles.